The molecule has 0 spiro atoms. The van der Waals surface area contributed by atoms with Crippen LogP contribution in [0.4, 0.5) is 4.79 Å². The fourth-order valence-electron chi connectivity index (χ4n) is 6.04. The van der Waals surface area contributed by atoms with Gasteiger partial charge in [0.05, 0.1) is 0 Å². The molecule has 9 heteroatoms. The second-order valence-electron chi connectivity index (χ2n) is 8.78. The lowest BCUT2D eigenvalue weighted by Gasteiger charge is -2.54. The first-order valence-electron chi connectivity index (χ1n) is 10.2. The van der Waals surface area contributed by atoms with Crippen LogP contribution in [-0.4, -0.2) is 74.2 Å². The van der Waals surface area contributed by atoms with Crippen LogP contribution in [0.3, 0.4) is 0 Å². The number of hydrogen-bond donors (Lipinski definition) is 1. The Kier molecular flexibility index (Phi) is 4.24. The van der Waals surface area contributed by atoms with Crippen molar-refractivity contribution in [2.45, 2.75) is 44.7 Å². The van der Waals surface area contributed by atoms with Crippen LogP contribution in [0, 0.1) is 23.7 Å². The standard InChI is InChI=1S/C18H27N7O2/c26-16(10-25-11-19-21-22-25)23-1-3-24(4-2-23)18(27)20-17-14-6-12-5-13(8-14)9-15(17)7-12/h11-15,17H,1-10H2,(H,20,27). The number of piperazine rings is 1. The molecule has 4 aliphatic carbocycles. The van der Waals surface area contributed by atoms with Crippen molar-refractivity contribution in [2.75, 3.05) is 26.2 Å². The summed E-state index contributed by atoms with van der Waals surface area (Å²) in [6, 6.07) is 0.421. The Morgan fingerprint density at radius 3 is 2.15 bits per heavy atom. The van der Waals surface area contributed by atoms with Crippen LogP contribution in [0.2, 0.25) is 0 Å². The molecule has 0 unspecified atom stereocenters. The minimum atomic E-state index is -0.0107. The normalized spacial score (nSPS) is 34.7. The Morgan fingerprint density at radius 1 is 0.926 bits per heavy atom. The van der Waals surface area contributed by atoms with Crippen molar-refractivity contribution in [2.24, 2.45) is 23.7 Å². The van der Waals surface area contributed by atoms with E-state index >= 15 is 0 Å². The Labute approximate surface area is 158 Å². The van der Waals surface area contributed by atoms with Gasteiger partial charge in [-0.3, -0.25) is 4.79 Å². The molecule has 2 heterocycles. The molecular weight excluding hydrogens is 346 g/mol. The van der Waals surface area contributed by atoms with Crippen LogP contribution in [-0.2, 0) is 11.3 Å². The molecule has 27 heavy (non-hydrogen) atoms. The number of carbonyl (C=O) groups is 2. The van der Waals surface area contributed by atoms with Gasteiger partial charge in [-0.05, 0) is 66.2 Å². The summed E-state index contributed by atoms with van der Waals surface area (Å²) in [5, 5.41) is 14.2. The molecule has 1 saturated heterocycles. The summed E-state index contributed by atoms with van der Waals surface area (Å²) in [6.07, 6.45) is 8.07. The number of carbonyl (C=O) groups excluding carboxylic acids is 2. The molecular formula is C18H27N7O2. The molecule has 0 aromatic carbocycles. The summed E-state index contributed by atoms with van der Waals surface area (Å²) >= 11 is 0. The maximum atomic E-state index is 12.8. The van der Waals surface area contributed by atoms with E-state index in [1.54, 1.807) is 4.90 Å². The van der Waals surface area contributed by atoms with Gasteiger partial charge in [-0.15, -0.1) is 5.10 Å². The third-order valence-corrected chi connectivity index (χ3v) is 7.13. The largest absolute Gasteiger partial charge is 0.338 e. The first-order valence-corrected chi connectivity index (χ1v) is 10.2. The Bertz CT molecular complexity index is 671. The minimum absolute atomic E-state index is 0.0107. The van der Waals surface area contributed by atoms with E-state index in [0.29, 0.717) is 44.1 Å². The van der Waals surface area contributed by atoms with Crippen LogP contribution in [0.25, 0.3) is 0 Å². The highest BCUT2D eigenvalue weighted by Gasteiger charge is 2.48. The minimum Gasteiger partial charge on any atom is -0.338 e. The number of rotatable bonds is 3. The van der Waals surface area contributed by atoms with Gasteiger partial charge in [0.2, 0.25) is 5.91 Å². The number of hydrogen-bond acceptors (Lipinski definition) is 5. The third-order valence-electron chi connectivity index (χ3n) is 7.13. The van der Waals surface area contributed by atoms with Gasteiger partial charge >= 0.3 is 6.03 Å². The number of urea groups is 1. The average molecular weight is 373 g/mol. The number of tetrazole rings is 1. The molecule has 3 amide bonds. The summed E-state index contributed by atoms with van der Waals surface area (Å²) in [7, 11) is 0. The van der Waals surface area contributed by atoms with Crippen LogP contribution in [0.5, 0.6) is 0 Å². The van der Waals surface area contributed by atoms with E-state index in [1.807, 2.05) is 4.90 Å². The third kappa shape index (κ3) is 3.27. The molecule has 4 saturated carbocycles. The number of amides is 3. The quantitative estimate of drug-likeness (QED) is 0.825. The molecule has 1 aromatic rings. The summed E-state index contributed by atoms with van der Waals surface area (Å²) in [4.78, 5) is 28.8. The van der Waals surface area contributed by atoms with Gasteiger partial charge in [0, 0.05) is 32.2 Å². The lowest BCUT2D eigenvalue weighted by molar-refractivity contribution is -0.133. The predicted octanol–water partition coefficient (Wildman–Crippen LogP) is 0.352. The van der Waals surface area contributed by atoms with Crippen molar-refractivity contribution in [3.05, 3.63) is 6.33 Å². The predicted molar refractivity (Wildman–Crippen MR) is 95.3 cm³/mol. The SMILES string of the molecule is O=C(Cn1cnnn1)N1CCN(C(=O)NC2C3CC4CC(C3)CC2C4)CC1. The fraction of sp³-hybridized carbons (Fsp3) is 0.833. The molecule has 146 valence electrons. The Hall–Kier alpha value is -2.19. The number of aromatic nitrogens is 4. The summed E-state index contributed by atoms with van der Waals surface area (Å²) in [6.45, 7) is 2.44. The first-order chi connectivity index (χ1) is 13.2. The van der Waals surface area contributed by atoms with E-state index in [-0.39, 0.29) is 18.5 Å². The van der Waals surface area contributed by atoms with Gasteiger partial charge in [-0.1, -0.05) is 0 Å². The first kappa shape index (κ1) is 16.9. The maximum absolute atomic E-state index is 12.8. The zero-order valence-electron chi connectivity index (χ0n) is 15.5. The van der Waals surface area contributed by atoms with Crippen LogP contribution < -0.4 is 5.32 Å². The molecule has 1 aromatic heterocycles. The maximum Gasteiger partial charge on any atom is 0.317 e. The van der Waals surface area contributed by atoms with Crippen LogP contribution in [0.1, 0.15) is 32.1 Å². The fourth-order valence-corrected chi connectivity index (χ4v) is 6.04. The Balaban J connectivity index is 1.12. The molecule has 0 radical (unpaired) electrons. The van der Waals surface area contributed by atoms with Gasteiger partial charge in [0.25, 0.3) is 0 Å². The smallest absolute Gasteiger partial charge is 0.317 e. The molecule has 6 rings (SSSR count). The monoisotopic (exact) mass is 373 g/mol. The molecule has 5 fully saturated rings. The zero-order chi connectivity index (χ0) is 18.4. The van der Waals surface area contributed by atoms with Crippen molar-refractivity contribution in [3.8, 4) is 0 Å². The zero-order valence-corrected chi connectivity index (χ0v) is 15.5. The van der Waals surface area contributed by atoms with Crippen LogP contribution >= 0.6 is 0 Å². The highest BCUT2D eigenvalue weighted by molar-refractivity contribution is 5.77. The van der Waals surface area contributed by atoms with E-state index in [1.165, 1.54) is 43.1 Å². The number of nitrogens with one attached hydrogen (secondary N) is 1. The average Bonchev–Trinajstić information content (AvgIpc) is 3.17. The summed E-state index contributed by atoms with van der Waals surface area (Å²) < 4.78 is 1.42. The van der Waals surface area contributed by atoms with Crippen molar-refractivity contribution >= 4 is 11.9 Å². The highest BCUT2D eigenvalue weighted by Crippen LogP contribution is 2.53. The molecule has 0 atom stereocenters. The second kappa shape index (κ2) is 6.76. The van der Waals surface area contributed by atoms with Gasteiger partial charge in [0.1, 0.15) is 12.9 Å². The van der Waals surface area contributed by atoms with Gasteiger partial charge in [-0.2, -0.15) is 0 Å². The van der Waals surface area contributed by atoms with Crippen LogP contribution in [0.15, 0.2) is 6.33 Å². The lowest BCUT2D eigenvalue weighted by atomic mass is 9.54. The van der Waals surface area contributed by atoms with Gasteiger partial charge in [-0.25, -0.2) is 9.48 Å². The van der Waals surface area contributed by atoms with E-state index < -0.39 is 0 Å². The van der Waals surface area contributed by atoms with Gasteiger partial charge in [0.15, 0.2) is 0 Å². The molecule has 4 bridgehead atoms. The van der Waals surface area contributed by atoms with Crippen molar-refractivity contribution in [3.63, 3.8) is 0 Å². The summed E-state index contributed by atoms with van der Waals surface area (Å²) in [5.41, 5.74) is 0. The molecule has 1 N–H and O–H groups in total. The molecule has 5 aliphatic rings. The van der Waals surface area contributed by atoms with Crippen molar-refractivity contribution in [1.29, 1.82) is 0 Å². The Morgan fingerprint density at radius 2 is 1.56 bits per heavy atom. The van der Waals surface area contributed by atoms with Crippen molar-refractivity contribution in [1.82, 2.24) is 35.3 Å². The number of nitrogens with zero attached hydrogens (tertiary/aromatic N) is 6. The van der Waals surface area contributed by atoms with E-state index in [9.17, 15) is 9.59 Å². The van der Waals surface area contributed by atoms with Gasteiger partial charge < -0.3 is 15.1 Å². The highest BCUT2D eigenvalue weighted by atomic mass is 16.2. The lowest BCUT2D eigenvalue weighted by Crippen LogP contribution is -2.60. The molecule has 9 nitrogen and oxygen atoms in total. The van der Waals surface area contributed by atoms with E-state index in [0.717, 1.165) is 11.8 Å². The van der Waals surface area contributed by atoms with Crippen molar-refractivity contribution < 1.29 is 9.59 Å². The summed E-state index contributed by atoms with van der Waals surface area (Å²) in [5.74, 6) is 3.18. The topological polar surface area (TPSA) is 96.2 Å². The van der Waals surface area contributed by atoms with E-state index in [4.69, 9.17) is 0 Å². The molecule has 1 aliphatic heterocycles. The van der Waals surface area contributed by atoms with E-state index in [2.05, 4.69) is 20.8 Å². The second-order valence-corrected chi connectivity index (χ2v) is 8.78.